The van der Waals surface area contributed by atoms with Crippen molar-refractivity contribution >= 4 is 0 Å². The number of nitrogens with zero attached hydrogens (tertiary/aromatic N) is 2. The third kappa shape index (κ3) is 1.44. The molecule has 0 aliphatic carbocycles. The van der Waals surface area contributed by atoms with Crippen molar-refractivity contribution in [3.63, 3.8) is 0 Å². The number of hydrogen-bond donors (Lipinski definition) is 1. The second-order valence-electron chi connectivity index (χ2n) is 3.93. The van der Waals surface area contributed by atoms with E-state index in [0.717, 1.165) is 12.0 Å². The molecule has 3 heteroatoms. The molecule has 0 spiro atoms. The predicted molar refractivity (Wildman–Crippen MR) is 48.3 cm³/mol. The highest BCUT2D eigenvalue weighted by molar-refractivity contribution is 5.23. The lowest BCUT2D eigenvalue weighted by molar-refractivity contribution is 0.293. The van der Waals surface area contributed by atoms with E-state index in [-0.39, 0.29) is 5.54 Å². The van der Waals surface area contributed by atoms with E-state index >= 15 is 0 Å². The fraction of sp³-hybridized carbons (Fsp3) is 0.667. The Morgan fingerprint density at radius 2 is 2.08 bits per heavy atom. The molecule has 0 aromatic carbocycles. The van der Waals surface area contributed by atoms with Gasteiger partial charge in [0.25, 0.3) is 0 Å². The first-order valence-electron chi connectivity index (χ1n) is 4.23. The third-order valence-corrected chi connectivity index (χ3v) is 1.83. The Bertz CT molecular complexity index is 271. The quantitative estimate of drug-likeness (QED) is 0.695. The minimum absolute atomic E-state index is 0.141. The number of hydrogen-bond acceptors (Lipinski definition) is 2. The molecule has 12 heavy (non-hydrogen) atoms. The SMILES string of the molecule is CCc1cnn(C(C)(C)C)c1O. The molecule has 1 aromatic rings. The number of rotatable bonds is 1. The lowest BCUT2D eigenvalue weighted by atomic mass is 10.1. The maximum atomic E-state index is 9.66. The summed E-state index contributed by atoms with van der Waals surface area (Å²) >= 11 is 0. The minimum Gasteiger partial charge on any atom is -0.493 e. The molecule has 0 amide bonds. The van der Waals surface area contributed by atoms with Crippen LogP contribution in [0.1, 0.15) is 33.3 Å². The van der Waals surface area contributed by atoms with Crippen molar-refractivity contribution in [2.75, 3.05) is 0 Å². The van der Waals surface area contributed by atoms with Crippen molar-refractivity contribution in [3.05, 3.63) is 11.8 Å². The standard InChI is InChI=1S/C9H16N2O/c1-5-7-6-10-11(8(7)12)9(2,3)4/h6,12H,5H2,1-4H3. The van der Waals surface area contributed by atoms with Gasteiger partial charge in [-0.3, -0.25) is 0 Å². The van der Waals surface area contributed by atoms with E-state index < -0.39 is 0 Å². The number of aromatic hydroxyl groups is 1. The van der Waals surface area contributed by atoms with Gasteiger partial charge in [0, 0.05) is 5.56 Å². The smallest absolute Gasteiger partial charge is 0.213 e. The fourth-order valence-electron chi connectivity index (χ4n) is 1.12. The van der Waals surface area contributed by atoms with Crippen LogP contribution in [-0.4, -0.2) is 14.9 Å². The third-order valence-electron chi connectivity index (χ3n) is 1.83. The molecule has 1 N–H and O–H groups in total. The van der Waals surface area contributed by atoms with Crippen molar-refractivity contribution in [2.24, 2.45) is 0 Å². The lowest BCUT2D eigenvalue weighted by Gasteiger charge is -2.19. The summed E-state index contributed by atoms with van der Waals surface area (Å²) in [5, 5.41) is 13.8. The van der Waals surface area contributed by atoms with Gasteiger partial charge in [-0.25, -0.2) is 4.68 Å². The molecule has 1 aromatic heterocycles. The van der Waals surface area contributed by atoms with Gasteiger partial charge in [0.05, 0.1) is 11.7 Å². The molecule has 0 bridgehead atoms. The van der Waals surface area contributed by atoms with Crippen LogP contribution >= 0.6 is 0 Å². The summed E-state index contributed by atoms with van der Waals surface area (Å²) in [6.07, 6.45) is 2.54. The van der Waals surface area contributed by atoms with Crippen LogP contribution in [0, 0.1) is 0 Å². The lowest BCUT2D eigenvalue weighted by Crippen LogP contribution is -2.22. The largest absolute Gasteiger partial charge is 0.493 e. The van der Waals surface area contributed by atoms with E-state index in [4.69, 9.17) is 0 Å². The van der Waals surface area contributed by atoms with Crippen LogP contribution in [0.4, 0.5) is 0 Å². The van der Waals surface area contributed by atoms with E-state index in [1.807, 2.05) is 27.7 Å². The first-order valence-corrected chi connectivity index (χ1v) is 4.23. The molecule has 0 radical (unpaired) electrons. The summed E-state index contributed by atoms with van der Waals surface area (Å²) in [5.74, 6) is 0.296. The molecular weight excluding hydrogens is 152 g/mol. The topological polar surface area (TPSA) is 38.0 Å². The zero-order valence-electron chi connectivity index (χ0n) is 8.13. The average Bonchev–Trinajstić information content (AvgIpc) is 2.29. The Kier molecular flexibility index (Phi) is 2.13. The van der Waals surface area contributed by atoms with Gasteiger partial charge in [0.1, 0.15) is 0 Å². The Hall–Kier alpha value is -0.990. The predicted octanol–water partition coefficient (Wildman–Crippen LogP) is 1.91. The second-order valence-corrected chi connectivity index (χ2v) is 3.93. The van der Waals surface area contributed by atoms with Gasteiger partial charge >= 0.3 is 0 Å². The van der Waals surface area contributed by atoms with Gasteiger partial charge < -0.3 is 5.11 Å². The Labute approximate surface area is 73.0 Å². The van der Waals surface area contributed by atoms with Crippen LogP contribution in [0.2, 0.25) is 0 Å². The maximum absolute atomic E-state index is 9.66. The van der Waals surface area contributed by atoms with E-state index in [9.17, 15) is 5.11 Å². The average molecular weight is 168 g/mol. The van der Waals surface area contributed by atoms with Crippen molar-refractivity contribution in [3.8, 4) is 5.88 Å². The van der Waals surface area contributed by atoms with E-state index in [1.165, 1.54) is 0 Å². The zero-order chi connectivity index (χ0) is 9.35. The van der Waals surface area contributed by atoms with Crippen LogP contribution < -0.4 is 0 Å². The normalized spacial score (nSPS) is 12.0. The highest BCUT2D eigenvalue weighted by atomic mass is 16.3. The van der Waals surface area contributed by atoms with Gasteiger partial charge in [-0.2, -0.15) is 5.10 Å². The minimum atomic E-state index is -0.141. The van der Waals surface area contributed by atoms with Gasteiger partial charge in [-0.1, -0.05) is 6.92 Å². The highest BCUT2D eigenvalue weighted by Gasteiger charge is 2.19. The summed E-state index contributed by atoms with van der Waals surface area (Å²) in [6, 6.07) is 0. The zero-order valence-corrected chi connectivity index (χ0v) is 8.13. The fourth-order valence-corrected chi connectivity index (χ4v) is 1.12. The maximum Gasteiger partial charge on any atom is 0.213 e. The van der Waals surface area contributed by atoms with Crippen LogP contribution in [0.25, 0.3) is 0 Å². The van der Waals surface area contributed by atoms with E-state index in [2.05, 4.69) is 5.10 Å². The number of aromatic nitrogens is 2. The molecule has 0 fully saturated rings. The molecule has 68 valence electrons. The monoisotopic (exact) mass is 168 g/mol. The Morgan fingerprint density at radius 1 is 1.50 bits per heavy atom. The molecule has 0 aliphatic heterocycles. The van der Waals surface area contributed by atoms with Gasteiger partial charge in [-0.15, -0.1) is 0 Å². The Morgan fingerprint density at radius 3 is 2.33 bits per heavy atom. The molecule has 0 aliphatic rings. The second kappa shape index (κ2) is 2.81. The number of aryl methyl sites for hydroxylation is 1. The summed E-state index contributed by atoms with van der Waals surface area (Å²) < 4.78 is 1.64. The van der Waals surface area contributed by atoms with Crippen LogP contribution in [-0.2, 0) is 12.0 Å². The summed E-state index contributed by atoms with van der Waals surface area (Å²) in [5.41, 5.74) is 0.766. The molecular formula is C9H16N2O. The molecule has 1 rings (SSSR count). The summed E-state index contributed by atoms with van der Waals surface area (Å²) in [4.78, 5) is 0. The van der Waals surface area contributed by atoms with Crippen molar-refractivity contribution in [1.29, 1.82) is 0 Å². The highest BCUT2D eigenvalue weighted by Crippen LogP contribution is 2.24. The Balaban J connectivity index is 3.11. The molecule has 0 saturated heterocycles. The van der Waals surface area contributed by atoms with Gasteiger partial charge in [-0.05, 0) is 27.2 Å². The van der Waals surface area contributed by atoms with Crippen molar-refractivity contribution < 1.29 is 5.11 Å². The van der Waals surface area contributed by atoms with Crippen LogP contribution in [0.15, 0.2) is 6.20 Å². The summed E-state index contributed by atoms with van der Waals surface area (Å²) in [6.45, 7) is 8.04. The van der Waals surface area contributed by atoms with E-state index in [0.29, 0.717) is 5.88 Å². The van der Waals surface area contributed by atoms with E-state index in [1.54, 1.807) is 10.9 Å². The summed E-state index contributed by atoms with van der Waals surface area (Å²) in [7, 11) is 0. The van der Waals surface area contributed by atoms with Crippen molar-refractivity contribution in [2.45, 2.75) is 39.7 Å². The molecule has 0 saturated carbocycles. The van der Waals surface area contributed by atoms with Crippen LogP contribution in [0.5, 0.6) is 5.88 Å². The molecule has 0 atom stereocenters. The molecule has 3 nitrogen and oxygen atoms in total. The molecule has 1 heterocycles. The first kappa shape index (κ1) is 9.10. The molecule has 0 unspecified atom stereocenters. The van der Waals surface area contributed by atoms with Gasteiger partial charge in [0.15, 0.2) is 0 Å². The van der Waals surface area contributed by atoms with Crippen molar-refractivity contribution in [1.82, 2.24) is 9.78 Å². The van der Waals surface area contributed by atoms with Crippen LogP contribution in [0.3, 0.4) is 0 Å². The first-order chi connectivity index (χ1) is 5.46. The van der Waals surface area contributed by atoms with Gasteiger partial charge in [0.2, 0.25) is 5.88 Å².